The number of fused-ring (bicyclic) bond motifs is 1. The predicted molar refractivity (Wildman–Crippen MR) is 141 cm³/mol. The number of anilines is 2. The summed E-state index contributed by atoms with van der Waals surface area (Å²) in [5.41, 5.74) is 2.98. The van der Waals surface area contributed by atoms with E-state index in [9.17, 15) is 4.79 Å². The molecule has 1 aliphatic rings. The van der Waals surface area contributed by atoms with Crippen LogP contribution >= 0.6 is 0 Å². The number of hydrogen-bond acceptors (Lipinski definition) is 9. The van der Waals surface area contributed by atoms with Crippen LogP contribution in [0.15, 0.2) is 36.7 Å². The molecule has 0 bridgehead atoms. The van der Waals surface area contributed by atoms with Crippen molar-refractivity contribution in [2.24, 2.45) is 7.05 Å². The van der Waals surface area contributed by atoms with Crippen LogP contribution < -0.4 is 14.8 Å². The maximum Gasteiger partial charge on any atom is 0.410 e. The van der Waals surface area contributed by atoms with Crippen molar-refractivity contribution in [3.63, 3.8) is 0 Å². The molecule has 0 spiro atoms. The number of carbonyl (C=O) groups is 1. The Morgan fingerprint density at radius 3 is 2.68 bits per heavy atom. The van der Waals surface area contributed by atoms with Crippen LogP contribution in [0.25, 0.3) is 16.8 Å². The molecule has 0 aliphatic carbocycles. The van der Waals surface area contributed by atoms with E-state index >= 15 is 0 Å². The number of aromatic nitrogens is 6. The molecule has 12 nitrogen and oxygen atoms in total. The molecule has 4 aromatic rings. The molecule has 0 radical (unpaired) electrons. The number of hydrogen-bond donors (Lipinski definition) is 1. The predicted octanol–water partition coefficient (Wildman–Crippen LogP) is 3.97. The molecule has 200 valence electrons. The minimum Gasteiger partial charge on any atom is -0.487 e. The smallest absolute Gasteiger partial charge is 0.410 e. The van der Waals surface area contributed by atoms with Gasteiger partial charge in [0.2, 0.25) is 5.88 Å². The molecule has 1 amide bonds. The third kappa shape index (κ3) is 5.20. The quantitative estimate of drug-likeness (QED) is 0.386. The second-order valence-corrected chi connectivity index (χ2v) is 10.3. The number of ether oxygens (including phenoxy) is 3. The minimum absolute atomic E-state index is 0.0338. The van der Waals surface area contributed by atoms with E-state index in [1.54, 1.807) is 27.4 Å². The Bertz CT molecular complexity index is 1470. The van der Waals surface area contributed by atoms with E-state index in [2.05, 4.69) is 25.7 Å². The first-order chi connectivity index (χ1) is 18.1. The first-order valence-electron chi connectivity index (χ1n) is 12.4. The molecular formula is C26H32N8O4. The highest BCUT2D eigenvalue weighted by atomic mass is 16.6. The van der Waals surface area contributed by atoms with Crippen molar-refractivity contribution >= 4 is 23.2 Å². The van der Waals surface area contributed by atoms with Crippen LogP contribution in [0.5, 0.6) is 11.6 Å². The topological polar surface area (TPSA) is 121 Å². The molecule has 0 saturated carbocycles. The average Bonchev–Trinajstić information content (AvgIpc) is 3.39. The zero-order chi connectivity index (χ0) is 27.0. The lowest BCUT2D eigenvalue weighted by atomic mass is 10.1. The van der Waals surface area contributed by atoms with Crippen molar-refractivity contribution in [1.29, 1.82) is 0 Å². The molecule has 38 heavy (non-hydrogen) atoms. The van der Waals surface area contributed by atoms with Crippen molar-refractivity contribution in [2.45, 2.75) is 45.8 Å². The van der Waals surface area contributed by atoms with Gasteiger partial charge in [0, 0.05) is 37.0 Å². The average molecular weight is 521 g/mol. The molecule has 1 saturated heterocycles. The highest BCUT2D eigenvalue weighted by molar-refractivity contribution is 5.73. The Morgan fingerprint density at radius 1 is 1.18 bits per heavy atom. The highest BCUT2D eigenvalue weighted by Gasteiger charge is 2.36. The largest absolute Gasteiger partial charge is 0.487 e. The summed E-state index contributed by atoms with van der Waals surface area (Å²) in [4.78, 5) is 14.2. The van der Waals surface area contributed by atoms with Gasteiger partial charge in [-0.1, -0.05) is 0 Å². The summed E-state index contributed by atoms with van der Waals surface area (Å²) in [7, 11) is 3.44. The molecule has 5 heterocycles. The molecule has 1 atom stereocenters. The SMILES string of the molecule is COc1nnc(Nc2cc3cc(-c4c(OCC5CCN5C(=O)OC(C)(C)C)cnn4C)ccn3n2)cc1C. The van der Waals surface area contributed by atoms with Gasteiger partial charge in [0.25, 0.3) is 0 Å². The number of rotatable bonds is 7. The van der Waals surface area contributed by atoms with E-state index in [4.69, 9.17) is 14.2 Å². The number of methoxy groups -OCH3 is 1. The number of amides is 1. The normalized spacial score (nSPS) is 15.3. The molecule has 0 aromatic carbocycles. The van der Waals surface area contributed by atoms with E-state index in [1.807, 2.05) is 65.2 Å². The van der Waals surface area contributed by atoms with Crippen LogP contribution in [0, 0.1) is 6.92 Å². The van der Waals surface area contributed by atoms with Crippen LogP contribution in [0.4, 0.5) is 16.4 Å². The fourth-order valence-electron chi connectivity index (χ4n) is 4.28. The summed E-state index contributed by atoms with van der Waals surface area (Å²) in [6.07, 6.45) is 4.14. The highest BCUT2D eigenvalue weighted by Crippen LogP contribution is 2.32. The van der Waals surface area contributed by atoms with Crippen molar-refractivity contribution < 1.29 is 19.0 Å². The van der Waals surface area contributed by atoms with E-state index in [-0.39, 0.29) is 12.1 Å². The van der Waals surface area contributed by atoms with E-state index in [0.29, 0.717) is 36.4 Å². The van der Waals surface area contributed by atoms with Crippen LogP contribution in [-0.4, -0.2) is 72.5 Å². The fraction of sp³-hybridized carbons (Fsp3) is 0.423. The molecular weight excluding hydrogens is 488 g/mol. The van der Waals surface area contributed by atoms with Crippen molar-refractivity contribution in [1.82, 2.24) is 34.5 Å². The number of aryl methyl sites for hydroxylation is 2. The van der Waals surface area contributed by atoms with Gasteiger partial charge in [-0.2, -0.15) is 10.2 Å². The Hall–Kier alpha value is -4.35. The van der Waals surface area contributed by atoms with Crippen LogP contribution in [0.3, 0.4) is 0 Å². The summed E-state index contributed by atoms with van der Waals surface area (Å²) >= 11 is 0. The van der Waals surface area contributed by atoms with Crippen LogP contribution in [0.1, 0.15) is 32.8 Å². The van der Waals surface area contributed by atoms with Gasteiger partial charge in [-0.05, 0) is 52.3 Å². The molecule has 1 N–H and O–H groups in total. The monoisotopic (exact) mass is 520 g/mol. The van der Waals surface area contributed by atoms with Gasteiger partial charge in [-0.3, -0.25) is 4.68 Å². The molecule has 12 heteroatoms. The lowest BCUT2D eigenvalue weighted by Gasteiger charge is -2.40. The third-order valence-electron chi connectivity index (χ3n) is 6.23. The summed E-state index contributed by atoms with van der Waals surface area (Å²) in [6.45, 7) is 8.53. The third-order valence-corrected chi connectivity index (χ3v) is 6.23. The van der Waals surface area contributed by atoms with Gasteiger partial charge >= 0.3 is 6.09 Å². The molecule has 5 rings (SSSR count). The van der Waals surface area contributed by atoms with Gasteiger partial charge in [0.15, 0.2) is 17.4 Å². The van der Waals surface area contributed by atoms with E-state index in [1.165, 1.54) is 0 Å². The lowest BCUT2D eigenvalue weighted by molar-refractivity contribution is -0.0141. The lowest BCUT2D eigenvalue weighted by Crippen LogP contribution is -2.55. The van der Waals surface area contributed by atoms with Gasteiger partial charge < -0.3 is 24.4 Å². The summed E-state index contributed by atoms with van der Waals surface area (Å²) in [5, 5.41) is 20.4. The molecule has 4 aromatic heterocycles. The maximum absolute atomic E-state index is 12.4. The first-order valence-corrected chi connectivity index (χ1v) is 12.4. The van der Waals surface area contributed by atoms with Crippen molar-refractivity contribution in [3.8, 4) is 22.9 Å². The number of likely N-dealkylation sites (tertiary alicyclic amines) is 1. The minimum atomic E-state index is -0.530. The van der Waals surface area contributed by atoms with Crippen molar-refractivity contribution in [3.05, 3.63) is 42.2 Å². The molecule has 1 unspecified atom stereocenters. The van der Waals surface area contributed by atoms with Gasteiger partial charge in [0.05, 0.1) is 24.9 Å². The molecule has 1 aliphatic heterocycles. The Balaban J connectivity index is 1.30. The van der Waals surface area contributed by atoms with Gasteiger partial charge in [-0.15, -0.1) is 10.2 Å². The standard InChI is InChI=1S/C26H32N8O4/c1-16-11-21(29-30-24(16)36-6)28-22-13-19-12-17(7-10-34(19)31-22)23-20(14-27-32(23)5)37-15-18-8-9-33(18)25(35)38-26(2,3)4/h7,10-14,18H,8-9,15H2,1-6H3,(H,28,29,31). The Morgan fingerprint density at radius 2 is 2.00 bits per heavy atom. The van der Waals surface area contributed by atoms with Crippen molar-refractivity contribution in [2.75, 3.05) is 25.6 Å². The maximum atomic E-state index is 12.4. The Labute approximate surface area is 220 Å². The van der Waals surface area contributed by atoms with Gasteiger partial charge in [0.1, 0.15) is 17.9 Å². The van der Waals surface area contributed by atoms with Crippen LogP contribution in [-0.2, 0) is 11.8 Å². The summed E-state index contributed by atoms with van der Waals surface area (Å²) in [6, 6.07) is 7.72. The summed E-state index contributed by atoms with van der Waals surface area (Å²) in [5.74, 6) is 2.34. The zero-order valence-electron chi connectivity index (χ0n) is 22.4. The fourth-order valence-corrected chi connectivity index (χ4v) is 4.28. The first kappa shape index (κ1) is 25.3. The van der Waals surface area contributed by atoms with Crippen LogP contribution in [0.2, 0.25) is 0 Å². The summed E-state index contributed by atoms with van der Waals surface area (Å²) < 4.78 is 20.4. The zero-order valence-corrected chi connectivity index (χ0v) is 22.4. The van der Waals surface area contributed by atoms with Gasteiger partial charge in [-0.25, -0.2) is 9.31 Å². The molecule has 1 fully saturated rings. The number of nitrogens with zero attached hydrogens (tertiary/aromatic N) is 7. The number of carbonyl (C=O) groups excluding carboxylic acids is 1. The Kier molecular flexibility index (Phi) is 6.55. The van der Waals surface area contributed by atoms with E-state index in [0.717, 1.165) is 28.8 Å². The second kappa shape index (κ2) is 9.84. The number of pyridine rings is 1. The second-order valence-electron chi connectivity index (χ2n) is 10.3. The van der Waals surface area contributed by atoms with E-state index < -0.39 is 5.60 Å². The number of nitrogens with one attached hydrogen (secondary N) is 1.